The van der Waals surface area contributed by atoms with Crippen molar-refractivity contribution in [3.05, 3.63) is 0 Å². The third kappa shape index (κ3) is 23.1. The molecule has 0 radical (unpaired) electrons. The van der Waals surface area contributed by atoms with Crippen molar-refractivity contribution in [3.63, 3.8) is 0 Å². The molecule has 0 aromatic carbocycles. The summed E-state index contributed by atoms with van der Waals surface area (Å²) in [4.78, 5) is 2.57. The molecule has 4 nitrogen and oxygen atoms in total. The maximum Gasteiger partial charge on any atom is 0.332 e. The summed E-state index contributed by atoms with van der Waals surface area (Å²) < 4.78 is 17.5. The van der Waals surface area contributed by atoms with Crippen LogP contribution in [0.3, 0.4) is 0 Å². The summed E-state index contributed by atoms with van der Waals surface area (Å²) in [6.45, 7) is 12.9. The van der Waals surface area contributed by atoms with Crippen molar-refractivity contribution in [1.82, 2.24) is 4.90 Å². The molecule has 1 saturated heterocycles. The molecule has 1 atom stereocenters. The van der Waals surface area contributed by atoms with Gasteiger partial charge >= 0.3 is 8.60 Å². The van der Waals surface area contributed by atoms with Crippen LogP contribution in [0.1, 0.15) is 156 Å². The van der Waals surface area contributed by atoms with Gasteiger partial charge in [-0.05, 0) is 32.2 Å². The van der Waals surface area contributed by atoms with Gasteiger partial charge in [0.1, 0.15) is 0 Å². The zero-order valence-corrected chi connectivity index (χ0v) is 25.6. The first-order chi connectivity index (χ1) is 17.3. The van der Waals surface area contributed by atoms with Crippen molar-refractivity contribution in [2.45, 2.75) is 162 Å². The summed E-state index contributed by atoms with van der Waals surface area (Å²) in [6, 6.07) is 0. The van der Waals surface area contributed by atoms with E-state index >= 15 is 0 Å². The minimum absolute atomic E-state index is 0.305. The molecule has 1 fully saturated rings. The molecule has 1 rings (SSSR count). The molecular formula is C30H64NO3P. The normalized spacial score (nSPS) is 15.7. The van der Waals surface area contributed by atoms with E-state index in [2.05, 4.69) is 18.7 Å². The van der Waals surface area contributed by atoms with Crippen LogP contribution in [0.25, 0.3) is 0 Å². The third-order valence-electron chi connectivity index (χ3n) is 6.94. The number of unbranched alkanes of at least 4 members (excludes halogenated alkanes) is 16. The fraction of sp³-hybridized carbons (Fsp3) is 1.00. The molecule has 0 aromatic rings. The lowest BCUT2D eigenvalue weighted by molar-refractivity contribution is 0.0728. The van der Waals surface area contributed by atoms with Crippen molar-refractivity contribution < 1.29 is 13.6 Å². The molecule has 0 amide bonds. The first-order valence-corrected chi connectivity index (χ1v) is 16.8. The van der Waals surface area contributed by atoms with Gasteiger partial charge in [0, 0.05) is 20.2 Å². The van der Waals surface area contributed by atoms with E-state index in [1.165, 1.54) is 116 Å². The molecule has 1 unspecified atom stereocenters. The highest BCUT2D eigenvalue weighted by atomic mass is 31.2. The first-order valence-electron chi connectivity index (χ1n) is 15.7. The summed E-state index contributed by atoms with van der Waals surface area (Å²) in [5, 5.41) is 0. The second kappa shape index (κ2) is 28.8. The molecule has 5 heteroatoms. The molecule has 0 spiro atoms. The van der Waals surface area contributed by atoms with Crippen LogP contribution in [0.4, 0.5) is 0 Å². The van der Waals surface area contributed by atoms with E-state index in [0.717, 1.165) is 39.0 Å². The van der Waals surface area contributed by atoms with Gasteiger partial charge in [-0.1, -0.05) is 130 Å². The number of nitrogens with zero attached hydrogens (tertiary/aromatic N) is 1. The van der Waals surface area contributed by atoms with Crippen molar-refractivity contribution in [3.8, 4) is 0 Å². The van der Waals surface area contributed by atoms with Crippen molar-refractivity contribution >= 4 is 8.60 Å². The second-order valence-electron chi connectivity index (χ2n) is 10.0. The Morgan fingerprint density at radius 3 is 1.49 bits per heavy atom. The number of hydrogen-bond acceptors (Lipinski definition) is 4. The van der Waals surface area contributed by atoms with E-state index in [1.807, 2.05) is 13.8 Å². The van der Waals surface area contributed by atoms with E-state index in [4.69, 9.17) is 13.6 Å². The van der Waals surface area contributed by atoms with Crippen molar-refractivity contribution in [2.75, 3.05) is 33.4 Å². The fourth-order valence-corrected chi connectivity index (χ4v) is 5.64. The maximum atomic E-state index is 6.12. The molecule has 35 heavy (non-hydrogen) atoms. The minimum atomic E-state index is -1.17. The smallest absolute Gasteiger partial charge is 0.316 e. The van der Waals surface area contributed by atoms with Crippen LogP contribution >= 0.6 is 8.60 Å². The Hall–Kier alpha value is 0.270. The number of hydrogen-bond donors (Lipinski definition) is 0. The summed E-state index contributed by atoms with van der Waals surface area (Å²) in [5.74, 6) is 0. The molecular weight excluding hydrogens is 453 g/mol. The molecule has 1 aliphatic rings. The van der Waals surface area contributed by atoms with Gasteiger partial charge in [-0.2, -0.15) is 0 Å². The van der Waals surface area contributed by atoms with Gasteiger partial charge in [0.25, 0.3) is 0 Å². The van der Waals surface area contributed by atoms with Crippen molar-refractivity contribution in [2.24, 2.45) is 0 Å². The molecule has 0 saturated carbocycles. The van der Waals surface area contributed by atoms with Crippen LogP contribution in [0, 0.1) is 0 Å². The number of likely N-dealkylation sites (tertiary alicyclic amines) is 1. The summed E-state index contributed by atoms with van der Waals surface area (Å²) in [5.41, 5.74) is 0. The van der Waals surface area contributed by atoms with Crippen LogP contribution in [0.2, 0.25) is 0 Å². The van der Waals surface area contributed by atoms with E-state index in [-0.39, 0.29) is 0 Å². The quantitative estimate of drug-likeness (QED) is 0.0941. The van der Waals surface area contributed by atoms with Gasteiger partial charge in [0.2, 0.25) is 0 Å². The standard InChI is InChI=1S/C28H58NO3P.C2H6/c1-4-6-8-9-10-11-12-13-14-15-16-17-18-19-20-21-27-31-33(30-3)32-28-22-25-29(26-23-28)24-7-5-2;1-2/h28H,4-27H2,1-3H3;1-2H3. The Morgan fingerprint density at radius 1 is 0.629 bits per heavy atom. The Labute approximate surface area is 222 Å². The van der Waals surface area contributed by atoms with E-state index in [9.17, 15) is 0 Å². The number of rotatable bonds is 24. The van der Waals surface area contributed by atoms with Crippen LogP contribution in [0.15, 0.2) is 0 Å². The van der Waals surface area contributed by atoms with E-state index in [1.54, 1.807) is 7.11 Å². The van der Waals surface area contributed by atoms with Gasteiger partial charge in [-0.3, -0.25) is 0 Å². The highest BCUT2D eigenvalue weighted by molar-refractivity contribution is 7.41. The molecule has 0 aliphatic carbocycles. The Kier molecular flexibility index (Phi) is 29.1. The van der Waals surface area contributed by atoms with E-state index < -0.39 is 8.60 Å². The minimum Gasteiger partial charge on any atom is -0.316 e. The average Bonchev–Trinajstić information content (AvgIpc) is 2.90. The highest BCUT2D eigenvalue weighted by Gasteiger charge is 2.23. The lowest BCUT2D eigenvalue weighted by Crippen LogP contribution is -2.37. The molecule has 212 valence electrons. The van der Waals surface area contributed by atoms with Gasteiger partial charge in [-0.25, -0.2) is 0 Å². The lowest BCUT2D eigenvalue weighted by Gasteiger charge is -2.32. The van der Waals surface area contributed by atoms with Gasteiger partial charge in [-0.15, -0.1) is 0 Å². The topological polar surface area (TPSA) is 30.9 Å². The zero-order valence-electron chi connectivity index (χ0n) is 24.7. The molecule has 0 bridgehead atoms. The highest BCUT2D eigenvalue weighted by Crippen LogP contribution is 2.42. The predicted octanol–water partition coefficient (Wildman–Crippen LogP) is 10.4. The first kappa shape index (κ1) is 35.3. The second-order valence-corrected chi connectivity index (χ2v) is 11.3. The maximum absolute atomic E-state index is 6.12. The third-order valence-corrected chi connectivity index (χ3v) is 8.10. The Balaban J connectivity index is 0.00000562. The fourth-order valence-electron chi connectivity index (χ4n) is 4.66. The summed E-state index contributed by atoms with van der Waals surface area (Å²) >= 11 is 0. The van der Waals surface area contributed by atoms with Gasteiger partial charge in [0.05, 0.1) is 12.7 Å². The Morgan fingerprint density at radius 2 is 1.06 bits per heavy atom. The molecule has 1 heterocycles. The van der Waals surface area contributed by atoms with E-state index in [0.29, 0.717) is 6.10 Å². The van der Waals surface area contributed by atoms with Crippen LogP contribution < -0.4 is 0 Å². The molecule has 0 N–H and O–H groups in total. The average molecular weight is 518 g/mol. The molecule has 0 aromatic heterocycles. The Bertz CT molecular complexity index is 392. The van der Waals surface area contributed by atoms with Crippen molar-refractivity contribution in [1.29, 1.82) is 0 Å². The summed E-state index contributed by atoms with van der Waals surface area (Å²) in [7, 11) is 0.549. The van der Waals surface area contributed by atoms with Gasteiger partial charge in [0.15, 0.2) is 0 Å². The largest absolute Gasteiger partial charge is 0.332 e. The number of piperidine rings is 1. The molecule has 1 aliphatic heterocycles. The monoisotopic (exact) mass is 517 g/mol. The SMILES string of the molecule is CC.CCCCCCCCCCCCCCCCCCOP(OC)OC1CCN(CCCC)CC1. The van der Waals surface area contributed by atoms with Gasteiger partial charge < -0.3 is 18.5 Å². The predicted molar refractivity (Wildman–Crippen MR) is 156 cm³/mol. The van der Waals surface area contributed by atoms with Crippen LogP contribution in [0.5, 0.6) is 0 Å². The summed E-state index contributed by atoms with van der Waals surface area (Å²) in [6.07, 6.45) is 27.4. The van der Waals surface area contributed by atoms with Crippen LogP contribution in [-0.2, 0) is 13.6 Å². The lowest BCUT2D eigenvalue weighted by atomic mass is 10.0. The van der Waals surface area contributed by atoms with Crippen LogP contribution in [-0.4, -0.2) is 44.4 Å². The zero-order chi connectivity index (χ0) is 25.8.